The summed E-state index contributed by atoms with van der Waals surface area (Å²) in [5.41, 5.74) is 7.43. The van der Waals surface area contributed by atoms with Gasteiger partial charge in [0.25, 0.3) is 0 Å². The molecule has 0 fully saturated rings. The van der Waals surface area contributed by atoms with Crippen LogP contribution in [0.4, 0.5) is 0 Å². The monoisotopic (exact) mass is 280 g/mol. The maximum atomic E-state index is 6.05. The van der Waals surface area contributed by atoms with E-state index < -0.39 is 0 Å². The van der Waals surface area contributed by atoms with Gasteiger partial charge in [0.15, 0.2) is 0 Å². The third-order valence-electron chi connectivity index (χ3n) is 4.07. The van der Waals surface area contributed by atoms with Crippen molar-refractivity contribution in [3.63, 3.8) is 0 Å². The number of hydrogen-bond donors (Lipinski definition) is 1. The highest BCUT2D eigenvalue weighted by atomic mass is 32.2. The summed E-state index contributed by atoms with van der Waals surface area (Å²) in [5, 5.41) is 0. The third kappa shape index (κ3) is 4.51. The summed E-state index contributed by atoms with van der Waals surface area (Å²) in [6.07, 6.45) is 3.35. The summed E-state index contributed by atoms with van der Waals surface area (Å²) in [6, 6.07) is 11.7. The Balaban J connectivity index is 2.81. The lowest BCUT2D eigenvalue weighted by molar-refractivity contribution is 0.167. The molecule has 2 nitrogen and oxygen atoms in total. The lowest BCUT2D eigenvalue weighted by Gasteiger charge is -2.37. The van der Waals surface area contributed by atoms with Gasteiger partial charge in [0.05, 0.1) is 0 Å². The summed E-state index contributed by atoms with van der Waals surface area (Å²) in [5.74, 6) is 1.64. The van der Waals surface area contributed by atoms with Crippen molar-refractivity contribution in [1.29, 1.82) is 0 Å². The van der Waals surface area contributed by atoms with Gasteiger partial charge in [-0.15, -0.1) is 0 Å². The zero-order valence-electron chi connectivity index (χ0n) is 12.7. The molecule has 1 aromatic rings. The fraction of sp³-hybridized carbons (Fsp3) is 0.625. The molecule has 0 heterocycles. The Morgan fingerprint density at radius 2 is 1.89 bits per heavy atom. The molecule has 0 radical (unpaired) electrons. The molecule has 0 amide bonds. The fourth-order valence-corrected chi connectivity index (χ4v) is 3.54. The van der Waals surface area contributed by atoms with E-state index in [0.717, 1.165) is 0 Å². The van der Waals surface area contributed by atoms with Crippen LogP contribution in [0.1, 0.15) is 31.7 Å². The highest BCUT2D eigenvalue weighted by Gasteiger charge is 2.26. The van der Waals surface area contributed by atoms with Gasteiger partial charge >= 0.3 is 0 Å². The molecule has 0 aliphatic carbocycles. The van der Waals surface area contributed by atoms with Crippen LogP contribution in [0.25, 0.3) is 0 Å². The Bertz CT molecular complexity index is 342. The number of likely N-dealkylation sites (N-methyl/N-ethyl adjacent to an activating group) is 1. The van der Waals surface area contributed by atoms with E-state index in [9.17, 15) is 0 Å². The molecule has 2 N–H and O–H groups in total. The normalized spacial score (nSPS) is 16.3. The average Bonchev–Trinajstić information content (AvgIpc) is 2.46. The predicted molar refractivity (Wildman–Crippen MR) is 87.9 cm³/mol. The van der Waals surface area contributed by atoms with Gasteiger partial charge in [-0.2, -0.15) is 11.8 Å². The molecule has 0 aliphatic rings. The average molecular weight is 280 g/mol. The molecule has 3 unspecified atom stereocenters. The van der Waals surface area contributed by atoms with Crippen LogP contribution in [0.5, 0.6) is 0 Å². The van der Waals surface area contributed by atoms with E-state index in [1.807, 2.05) is 11.8 Å². The number of nitrogens with two attached hydrogens (primary N) is 1. The Hall–Kier alpha value is -0.510. The maximum absolute atomic E-state index is 6.05. The van der Waals surface area contributed by atoms with Crippen molar-refractivity contribution in [3.05, 3.63) is 35.9 Å². The molecule has 0 aliphatic heterocycles. The Labute approximate surface area is 122 Å². The second-order valence-corrected chi connectivity index (χ2v) is 6.10. The molecule has 3 heteroatoms. The number of hydrogen-bond acceptors (Lipinski definition) is 3. The number of thioether (sulfide) groups is 1. The number of benzene rings is 1. The topological polar surface area (TPSA) is 29.3 Å². The third-order valence-corrected chi connectivity index (χ3v) is 4.79. The largest absolute Gasteiger partial charge is 0.329 e. The minimum absolute atomic E-state index is 0.402. The van der Waals surface area contributed by atoms with E-state index in [4.69, 9.17) is 5.73 Å². The maximum Gasteiger partial charge on any atom is 0.0284 e. The van der Waals surface area contributed by atoms with Crippen LogP contribution >= 0.6 is 11.8 Å². The van der Waals surface area contributed by atoms with Crippen molar-refractivity contribution in [2.45, 2.75) is 38.3 Å². The summed E-state index contributed by atoms with van der Waals surface area (Å²) in [4.78, 5) is 2.48. The van der Waals surface area contributed by atoms with Crippen molar-refractivity contribution in [3.8, 4) is 0 Å². The van der Waals surface area contributed by atoms with E-state index in [1.54, 1.807) is 0 Å². The highest BCUT2D eigenvalue weighted by molar-refractivity contribution is 7.98. The zero-order valence-corrected chi connectivity index (χ0v) is 13.5. The second kappa shape index (κ2) is 8.62. The standard InChI is InChI=1S/C16H28N2S/c1-5-15(12-19-4)18(3)16(11-17)13(2)14-9-7-6-8-10-14/h6-10,13,15-16H,5,11-12,17H2,1-4H3. The van der Waals surface area contributed by atoms with Gasteiger partial charge < -0.3 is 5.73 Å². The first-order chi connectivity index (χ1) is 9.15. The van der Waals surface area contributed by atoms with E-state index >= 15 is 0 Å². The van der Waals surface area contributed by atoms with Crippen LogP contribution in [0.15, 0.2) is 30.3 Å². The van der Waals surface area contributed by atoms with Crippen molar-refractivity contribution >= 4 is 11.8 Å². The van der Waals surface area contributed by atoms with Crippen LogP contribution < -0.4 is 5.73 Å². The molecule has 3 atom stereocenters. The highest BCUT2D eigenvalue weighted by Crippen LogP contribution is 2.24. The lowest BCUT2D eigenvalue weighted by atomic mass is 9.91. The first-order valence-electron chi connectivity index (χ1n) is 7.11. The molecule has 0 spiro atoms. The van der Waals surface area contributed by atoms with Gasteiger partial charge in [-0.05, 0) is 31.2 Å². The quantitative estimate of drug-likeness (QED) is 0.793. The first kappa shape index (κ1) is 16.5. The first-order valence-corrected chi connectivity index (χ1v) is 8.50. The predicted octanol–water partition coefficient (Wildman–Crippen LogP) is 3.19. The Morgan fingerprint density at radius 1 is 1.26 bits per heavy atom. The van der Waals surface area contributed by atoms with E-state index in [2.05, 4.69) is 62.4 Å². The van der Waals surface area contributed by atoms with Crippen LogP contribution in [-0.4, -0.2) is 42.6 Å². The zero-order chi connectivity index (χ0) is 14.3. The number of rotatable bonds is 8. The van der Waals surface area contributed by atoms with Gasteiger partial charge in [0, 0.05) is 24.4 Å². The molecule has 1 rings (SSSR count). The molecular formula is C16H28N2S. The molecule has 0 bridgehead atoms. The molecule has 0 aromatic heterocycles. The summed E-state index contributed by atoms with van der Waals surface area (Å²) in [6.45, 7) is 5.25. The van der Waals surface area contributed by atoms with Crippen LogP contribution in [0.3, 0.4) is 0 Å². The van der Waals surface area contributed by atoms with Gasteiger partial charge in [0.2, 0.25) is 0 Å². The van der Waals surface area contributed by atoms with Crippen molar-refractivity contribution < 1.29 is 0 Å². The Morgan fingerprint density at radius 3 is 2.37 bits per heavy atom. The summed E-state index contributed by atoms with van der Waals surface area (Å²) in [7, 11) is 2.22. The minimum Gasteiger partial charge on any atom is -0.329 e. The van der Waals surface area contributed by atoms with Crippen LogP contribution in [-0.2, 0) is 0 Å². The van der Waals surface area contributed by atoms with Crippen molar-refractivity contribution in [2.75, 3.05) is 25.6 Å². The molecule has 0 saturated heterocycles. The second-order valence-electron chi connectivity index (χ2n) is 5.19. The lowest BCUT2D eigenvalue weighted by Crippen LogP contribution is -2.47. The minimum atomic E-state index is 0.402. The Kier molecular flexibility index (Phi) is 7.51. The fourth-order valence-electron chi connectivity index (χ4n) is 2.69. The summed E-state index contributed by atoms with van der Waals surface area (Å²) < 4.78 is 0. The SMILES string of the molecule is CCC(CSC)N(C)C(CN)C(C)c1ccccc1. The smallest absolute Gasteiger partial charge is 0.0284 e. The van der Waals surface area contributed by atoms with Crippen molar-refractivity contribution in [2.24, 2.45) is 5.73 Å². The molecule has 1 aromatic carbocycles. The van der Waals surface area contributed by atoms with E-state index in [-0.39, 0.29) is 0 Å². The summed E-state index contributed by atoms with van der Waals surface area (Å²) >= 11 is 1.92. The molecule has 19 heavy (non-hydrogen) atoms. The van der Waals surface area contributed by atoms with Crippen molar-refractivity contribution in [1.82, 2.24) is 4.90 Å². The van der Waals surface area contributed by atoms with Gasteiger partial charge in [0.1, 0.15) is 0 Å². The van der Waals surface area contributed by atoms with E-state index in [1.165, 1.54) is 17.7 Å². The van der Waals surface area contributed by atoms with Gasteiger partial charge in [-0.25, -0.2) is 0 Å². The van der Waals surface area contributed by atoms with Gasteiger partial charge in [-0.1, -0.05) is 44.2 Å². The molecule has 0 saturated carbocycles. The number of nitrogens with zero attached hydrogens (tertiary/aromatic N) is 1. The van der Waals surface area contributed by atoms with Crippen LogP contribution in [0, 0.1) is 0 Å². The molecule has 108 valence electrons. The van der Waals surface area contributed by atoms with E-state index in [0.29, 0.717) is 24.5 Å². The van der Waals surface area contributed by atoms with Crippen LogP contribution in [0.2, 0.25) is 0 Å². The van der Waals surface area contributed by atoms with Gasteiger partial charge in [-0.3, -0.25) is 4.90 Å². The molecular weight excluding hydrogens is 252 g/mol.